The lowest BCUT2D eigenvalue weighted by Crippen LogP contribution is -2.35. The number of hydrogen-bond donors (Lipinski definition) is 2. The number of rotatable bonds is 5. The number of hydrogen-bond acceptors (Lipinski definition) is 4. The van der Waals surface area contributed by atoms with E-state index in [1.165, 1.54) is 12.1 Å². The summed E-state index contributed by atoms with van der Waals surface area (Å²) in [6.45, 7) is 1.69. The highest BCUT2D eigenvalue weighted by atomic mass is 32.2. The van der Waals surface area contributed by atoms with Gasteiger partial charge in [-0.15, -0.1) is 0 Å². The zero-order chi connectivity index (χ0) is 18.8. The average molecular weight is 371 g/mol. The molecule has 1 amide bonds. The number of benzene rings is 1. The zero-order valence-electron chi connectivity index (χ0n) is 14.2. The molecule has 1 aromatic rings. The number of halogens is 1. The summed E-state index contributed by atoms with van der Waals surface area (Å²) in [7, 11) is -3.64. The summed E-state index contributed by atoms with van der Waals surface area (Å²) in [5, 5.41) is 11.8. The Morgan fingerprint density at radius 2 is 1.76 bits per heavy atom. The van der Waals surface area contributed by atoms with Gasteiger partial charge in [0.1, 0.15) is 10.7 Å². The molecule has 0 aromatic heterocycles. The van der Waals surface area contributed by atoms with E-state index in [0.29, 0.717) is 31.2 Å². The van der Waals surface area contributed by atoms with Crippen molar-refractivity contribution in [2.24, 2.45) is 11.8 Å². The maximum atomic E-state index is 14.0. The summed E-state index contributed by atoms with van der Waals surface area (Å²) in [6.07, 6.45) is 2.90. The molecule has 138 valence electrons. The van der Waals surface area contributed by atoms with Gasteiger partial charge in [0, 0.05) is 12.2 Å². The van der Waals surface area contributed by atoms with Gasteiger partial charge >= 0.3 is 5.97 Å². The van der Waals surface area contributed by atoms with Gasteiger partial charge < -0.3 is 10.4 Å². The van der Waals surface area contributed by atoms with Gasteiger partial charge in [-0.05, 0) is 50.3 Å². The Morgan fingerprint density at radius 1 is 1.20 bits per heavy atom. The third-order valence-electron chi connectivity index (χ3n) is 4.66. The van der Waals surface area contributed by atoms with Crippen molar-refractivity contribution in [2.45, 2.75) is 43.5 Å². The molecule has 0 saturated heterocycles. The first-order valence-corrected chi connectivity index (χ1v) is 10.0. The summed E-state index contributed by atoms with van der Waals surface area (Å²) < 4.78 is 36.9. The van der Waals surface area contributed by atoms with Crippen molar-refractivity contribution < 1.29 is 27.5 Å². The molecule has 1 aliphatic rings. The average Bonchev–Trinajstić information content (AvgIpc) is 2.53. The molecule has 1 aromatic carbocycles. The minimum Gasteiger partial charge on any atom is -0.481 e. The molecule has 0 radical (unpaired) electrons. The standard InChI is InChI=1S/C17H22FNO5S/c1-10(13-7-8-15(14(18)9-13)25(2,23)24)19-16(20)11-3-5-12(6-4-11)17(21)22/h7-12H,3-6H2,1-2H3,(H,19,20)(H,21,22). The smallest absolute Gasteiger partial charge is 0.306 e. The molecule has 1 unspecified atom stereocenters. The van der Waals surface area contributed by atoms with E-state index < -0.39 is 27.7 Å². The second kappa shape index (κ2) is 7.51. The molecule has 0 bridgehead atoms. The van der Waals surface area contributed by atoms with Crippen LogP contribution in [-0.2, 0) is 19.4 Å². The predicted octanol–water partition coefficient (Wildman–Crippen LogP) is 2.30. The van der Waals surface area contributed by atoms with Crippen LogP contribution in [-0.4, -0.2) is 31.7 Å². The van der Waals surface area contributed by atoms with Gasteiger partial charge in [-0.25, -0.2) is 12.8 Å². The van der Waals surface area contributed by atoms with Crippen LogP contribution in [0.4, 0.5) is 4.39 Å². The maximum absolute atomic E-state index is 14.0. The highest BCUT2D eigenvalue weighted by molar-refractivity contribution is 7.90. The topological polar surface area (TPSA) is 101 Å². The van der Waals surface area contributed by atoms with E-state index in [9.17, 15) is 22.4 Å². The van der Waals surface area contributed by atoms with E-state index >= 15 is 0 Å². The first-order chi connectivity index (χ1) is 11.6. The van der Waals surface area contributed by atoms with E-state index in [1.807, 2.05) is 0 Å². The van der Waals surface area contributed by atoms with E-state index in [1.54, 1.807) is 6.92 Å². The highest BCUT2D eigenvalue weighted by Crippen LogP contribution is 2.30. The van der Waals surface area contributed by atoms with Crippen LogP contribution in [0.25, 0.3) is 0 Å². The molecule has 8 heteroatoms. The second-order valence-corrected chi connectivity index (χ2v) is 8.56. The summed E-state index contributed by atoms with van der Waals surface area (Å²) >= 11 is 0. The van der Waals surface area contributed by atoms with Crippen molar-refractivity contribution in [3.05, 3.63) is 29.6 Å². The Labute approximate surface area is 146 Å². The number of carboxylic acids is 1. The minimum absolute atomic E-state index is 0.191. The fourth-order valence-corrected chi connectivity index (χ4v) is 3.83. The minimum atomic E-state index is -3.64. The number of sulfone groups is 1. The molecule has 25 heavy (non-hydrogen) atoms. The Balaban J connectivity index is 2.00. The highest BCUT2D eigenvalue weighted by Gasteiger charge is 2.30. The van der Waals surface area contributed by atoms with Crippen LogP contribution in [0.3, 0.4) is 0 Å². The molecule has 2 rings (SSSR count). The van der Waals surface area contributed by atoms with Gasteiger partial charge in [0.05, 0.1) is 12.0 Å². The molecule has 0 heterocycles. The summed E-state index contributed by atoms with van der Waals surface area (Å²) in [4.78, 5) is 22.9. The molecular formula is C17H22FNO5S. The molecule has 2 N–H and O–H groups in total. The van der Waals surface area contributed by atoms with E-state index in [4.69, 9.17) is 5.11 Å². The SMILES string of the molecule is CC(NC(=O)C1CCC(C(=O)O)CC1)c1ccc(S(C)(=O)=O)c(F)c1. The lowest BCUT2D eigenvalue weighted by Gasteiger charge is -2.26. The Hall–Kier alpha value is -1.96. The van der Waals surface area contributed by atoms with Crippen LogP contribution < -0.4 is 5.32 Å². The normalized spacial score (nSPS) is 22.2. The number of nitrogens with one attached hydrogen (secondary N) is 1. The largest absolute Gasteiger partial charge is 0.481 e. The number of carbonyl (C=O) groups excluding carboxylic acids is 1. The van der Waals surface area contributed by atoms with E-state index in [-0.39, 0.29) is 22.6 Å². The molecule has 0 aliphatic heterocycles. The van der Waals surface area contributed by atoms with Crippen molar-refractivity contribution in [3.8, 4) is 0 Å². The number of carbonyl (C=O) groups is 2. The van der Waals surface area contributed by atoms with Gasteiger partial charge in [-0.2, -0.15) is 0 Å². The van der Waals surface area contributed by atoms with Crippen LogP contribution in [0, 0.1) is 17.7 Å². The summed E-state index contributed by atoms with van der Waals surface area (Å²) in [6, 6.07) is 3.31. The lowest BCUT2D eigenvalue weighted by atomic mass is 9.81. The molecule has 0 spiro atoms. The molecular weight excluding hydrogens is 349 g/mol. The van der Waals surface area contributed by atoms with Gasteiger partial charge in [0.25, 0.3) is 0 Å². The fourth-order valence-electron chi connectivity index (χ4n) is 3.10. The number of aliphatic carboxylic acids is 1. The van der Waals surface area contributed by atoms with Gasteiger partial charge in [-0.1, -0.05) is 6.07 Å². The zero-order valence-corrected chi connectivity index (χ0v) is 15.0. The summed E-state index contributed by atoms with van der Waals surface area (Å²) in [5.41, 5.74) is 0.470. The van der Waals surface area contributed by atoms with Gasteiger partial charge in [0.2, 0.25) is 5.91 Å². The third-order valence-corrected chi connectivity index (χ3v) is 5.79. The van der Waals surface area contributed by atoms with Crippen LogP contribution in [0.5, 0.6) is 0 Å². The fraction of sp³-hybridized carbons (Fsp3) is 0.529. The van der Waals surface area contributed by atoms with Crippen molar-refractivity contribution in [2.75, 3.05) is 6.26 Å². The first-order valence-electron chi connectivity index (χ1n) is 8.12. The van der Waals surface area contributed by atoms with Gasteiger partial charge in [0.15, 0.2) is 9.84 Å². The van der Waals surface area contributed by atoms with Crippen LogP contribution >= 0.6 is 0 Å². The van der Waals surface area contributed by atoms with Crippen molar-refractivity contribution in [1.29, 1.82) is 0 Å². The molecule has 1 saturated carbocycles. The van der Waals surface area contributed by atoms with Crippen LogP contribution in [0.2, 0.25) is 0 Å². The predicted molar refractivity (Wildman–Crippen MR) is 89.2 cm³/mol. The Morgan fingerprint density at radius 3 is 2.24 bits per heavy atom. The summed E-state index contributed by atoms with van der Waals surface area (Å²) in [5.74, 6) is -2.50. The monoisotopic (exact) mass is 371 g/mol. The quantitative estimate of drug-likeness (QED) is 0.827. The van der Waals surface area contributed by atoms with E-state index in [0.717, 1.165) is 12.3 Å². The number of amides is 1. The first kappa shape index (κ1) is 19.4. The molecule has 1 aliphatic carbocycles. The maximum Gasteiger partial charge on any atom is 0.306 e. The molecule has 6 nitrogen and oxygen atoms in total. The Bertz CT molecular complexity index is 769. The molecule has 1 fully saturated rings. The van der Waals surface area contributed by atoms with E-state index in [2.05, 4.69) is 5.32 Å². The van der Waals surface area contributed by atoms with Crippen molar-refractivity contribution >= 4 is 21.7 Å². The molecule has 1 atom stereocenters. The third kappa shape index (κ3) is 4.78. The van der Waals surface area contributed by atoms with Crippen molar-refractivity contribution in [1.82, 2.24) is 5.32 Å². The Kier molecular flexibility index (Phi) is 5.82. The number of carboxylic acid groups (broad SMARTS) is 1. The van der Waals surface area contributed by atoms with Crippen molar-refractivity contribution in [3.63, 3.8) is 0 Å². The second-order valence-electron chi connectivity index (χ2n) is 6.58. The van der Waals surface area contributed by atoms with Crippen LogP contribution in [0.1, 0.15) is 44.2 Å². The van der Waals surface area contributed by atoms with Gasteiger partial charge in [-0.3, -0.25) is 9.59 Å². The lowest BCUT2D eigenvalue weighted by molar-refractivity contribution is -0.144. The van der Waals surface area contributed by atoms with Crippen LogP contribution in [0.15, 0.2) is 23.1 Å².